The van der Waals surface area contributed by atoms with Crippen LogP contribution in [-0.2, 0) is 16.0 Å². The molecular formula is C15H16N4O2. The van der Waals surface area contributed by atoms with Gasteiger partial charge in [-0.15, -0.1) is 0 Å². The van der Waals surface area contributed by atoms with Crippen LogP contribution in [0.25, 0.3) is 0 Å². The van der Waals surface area contributed by atoms with Crippen molar-refractivity contribution in [3.8, 4) is 0 Å². The van der Waals surface area contributed by atoms with E-state index in [1.165, 1.54) is 13.3 Å². The number of hydrogen-bond acceptors (Lipinski definition) is 4. The minimum Gasteiger partial charge on any atom is -0.326 e. The maximum absolute atomic E-state index is 11.8. The highest BCUT2D eigenvalue weighted by Gasteiger charge is 2.04. The zero-order valence-electron chi connectivity index (χ0n) is 11.7. The second kappa shape index (κ2) is 7.14. The largest absolute Gasteiger partial charge is 0.326 e. The summed E-state index contributed by atoms with van der Waals surface area (Å²) in [6.07, 6.45) is 5.81. The number of rotatable bonds is 5. The lowest BCUT2D eigenvalue weighted by molar-refractivity contribution is -0.116. The Balaban J connectivity index is 1.83. The van der Waals surface area contributed by atoms with Gasteiger partial charge in [-0.25, -0.2) is 9.97 Å². The van der Waals surface area contributed by atoms with Crippen molar-refractivity contribution >= 4 is 23.2 Å². The highest BCUT2D eigenvalue weighted by Crippen LogP contribution is 2.14. The number of amides is 2. The molecule has 0 spiro atoms. The van der Waals surface area contributed by atoms with Crippen molar-refractivity contribution in [2.24, 2.45) is 0 Å². The summed E-state index contributed by atoms with van der Waals surface area (Å²) in [6, 6.07) is 6.97. The van der Waals surface area contributed by atoms with E-state index >= 15 is 0 Å². The molecule has 1 heterocycles. The maximum atomic E-state index is 11.8. The normalized spacial score (nSPS) is 9.95. The quantitative estimate of drug-likeness (QED) is 0.879. The Kier molecular flexibility index (Phi) is 4.98. The van der Waals surface area contributed by atoms with Gasteiger partial charge in [-0.05, 0) is 36.2 Å². The van der Waals surface area contributed by atoms with Gasteiger partial charge in [0.1, 0.15) is 6.33 Å². The maximum Gasteiger partial charge on any atom is 0.224 e. The van der Waals surface area contributed by atoms with Crippen LogP contribution in [0.5, 0.6) is 0 Å². The van der Waals surface area contributed by atoms with Crippen LogP contribution in [0.4, 0.5) is 11.4 Å². The van der Waals surface area contributed by atoms with Crippen LogP contribution in [0.1, 0.15) is 18.9 Å². The molecule has 0 radical (unpaired) electrons. The fraction of sp³-hybridized carbons (Fsp3) is 0.200. The fourth-order valence-corrected chi connectivity index (χ4v) is 1.78. The second-order valence-electron chi connectivity index (χ2n) is 4.55. The summed E-state index contributed by atoms with van der Waals surface area (Å²) in [4.78, 5) is 30.5. The number of carbonyl (C=O) groups excluding carboxylic acids is 2. The van der Waals surface area contributed by atoms with Gasteiger partial charge in [0.2, 0.25) is 11.8 Å². The van der Waals surface area contributed by atoms with Gasteiger partial charge in [-0.1, -0.05) is 0 Å². The molecule has 2 amide bonds. The molecule has 1 aromatic carbocycles. The number of aryl methyl sites for hydroxylation is 1. The molecule has 108 valence electrons. The zero-order valence-corrected chi connectivity index (χ0v) is 11.7. The molecule has 0 saturated heterocycles. The Labute approximate surface area is 122 Å². The van der Waals surface area contributed by atoms with E-state index in [1.807, 2.05) is 0 Å². The first-order chi connectivity index (χ1) is 10.1. The Morgan fingerprint density at radius 2 is 1.57 bits per heavy atom. The minimum absolute atomic E-state index is 0.0777. The number of benzene rings is 1. The summed E-state index contributed by atoms with van der Waals surface area (Å²) in [5.74, 6) is -0.206. The lowest BCUT2D eigenvalue weighted by Gasteiger charge is -2.07. The van der Waals surface area contributed by atoms with Crippen molar-refractivity contribution in [3.63, 3.8) is 0 Å². The van der Waals surface area contributed by atoms with Gasteiger partial charge in [0.05, 0.1) is 0 Å². The van der Waals surface area contributed by atoms with E-state index in [0.29, 0.717) is 24.2 Å². The molecule has 0 aliphatic carbocycles. The van der Waals surface area contributed by atoms with Crippen LogP contribution in [0.2, 0.25) is 0 Å². The molecule has 1 aromatic heterocycles. The number of nitrogens with zero attached hydrogens (tertiary/aromatic N) is 2. The molecule has 6 heteroatoms. The topological polar surface area (TPSA) is 84.0 Å². The van der Waals surface area contributed by atoms with Crippen LogP contribution in [0, 0.1) is 0 Å². The first kappa shape index (κ1) is 14.6. The molecule has 0 saturated carbocycles. The lowest BCUT2D eigenvalue weighted by Crippen LogP contribution is -2.12. The van der Waals surface area contributed by atoms with Gasteiger partial charge < -0.3 is 10.6 Å². The molecule has 0 unspecified atom stereocenters. The van der Waals surface area contributed by atoms with Crippen LogP contribution in [0.15, 0.2) is 43.0 Å². The summed E-state index contributed by atoms with van der Waals surface area (Å²) >= 11 is 0. The third-order valence-electron chi connectivity index (χ3n) is 2.74. The molecule has 0 aliphatic rings. The molecule has 2 rings (SSSR count). The van der Waals surface area contributed by atoms with Gasteiger partial charge in [-0.3, -0.25) is 9.59 Å². The van der Waals surface area contributed by atoms with Crippen LogP contribution in [0.3, 0.4) is 0 Å². The first-order valence-corrected chi connectivity index (χ1v) is 6.55. The summed E-state index contributed by atoms with van der Waals surface area (Å²) in [5.41, 5.74) is 2.31. The molecule has 2 N–H and O–H groups in total. The second-order valence-corrected chi connectivity index (χ2v) is 4.55. The van der Waals surface area contributed by atoms with Crippen molar-refractivity contribution in [2.75, 3.05) is 10.6 Å². The lowest BCUT2D eigenvalue weighted by atomic mass is 10.2. The first-order valence-electron chi connectivity index (χ1n) is 6.55. The Morgan fingerprint density at radius 1 is 1.00 bits per heavy atom. The molecule has 2 aromatic rings. The monoisotopic (exact) mass is 284 g/mol. The van der Waals surface area contributed by atoms with Crippen molar-refractivity contribution in [1.82, 2.24) is 9.97 Å². The molecule has 0 aliphatic heterocycles. The molecular weight excluding hydrogens is 268 g/mol. The Bertz CT molecular complexity index is 611. The van der Waals surface area contributed by atoms with Crippen LogP contribution >= 0.6 is 0 Å². The van der Waals surface area contributed by atoms with Crippen molar-refractivity contribution in [3.05, 3.63) is 48.5 Å². The van der Waals surface area contributed by atoms with E-state index in [4.69, 9.17) is 0 Å². The molecule has 6 nitrogen and oxygen atoms in total. The van der Waals surface area contributed by atoms with Gasteiger partial charge in [-0.2, -0.15) is 0 Å². The van der Waals surface area contributed by atoms with Crippen LogP contribution < -0.4 is 10.6 Å². The summed E-state index contributed by atoms with van der Waals surface area (Å²) in [6.45, 7) is 1.45. The predicted molar refractivity (Wildman–Crippen MR) is 79.7 cm³/mol. The van der Waals surface area contributed by atoms with Gasteiger partial charge in [0, 0.05) is 37.1 Å². The number of carbonyl (C=O) groups is 2. The van der Waals surface area contributed by atoms with E-state index in [9.17, 15) is 9.59 Å². The summed E-state index contributed by atoms with van der Waals surface area (Å²) in [5, 5.41) is 5.47. The van der Waals surface area contributed by atoms with E-state index in [-0.39, 0.29) is 11.8 Å². The third kappa shape index (κ3) is 5.02. The highest BCUT2D eigenvalue weighted by molar-refractivity contribution is 5.92. The zero-order chi connectivity index (χ0) is 15.1. The van der Waals surface area contributed by atoms with Crippen molar-refractivity contribution in [1.29, 1.82) is 0 Å². The predicted octanol–water partition coefficient (Wildman–Crippen LogP) is 2.01. The minimum atomic E-state index is -0.128. The molecule has 0 atom stereocenters. The Hall–Kier alpha value is -2.76. The average molecular weight is 284 g/mol. The smallest absolute Gasteiger partial charge is 0.224 e. The summed E-state index contributed by atoms with van der Waals surface area (Å²) < 4.78 is 0. The molecule has 0 fully saturated rings. The summed E-state index contributed by atoms with van der Waals surface area (Å²) in [7, 11) is 0. The third-order valence-corrected chi connectivity index (χ3v) is 2.74. The van der Waals surface area contributed by atoms with Gasteiger partial charge in [0.15, 0.2) is 0 Å². The molecule has 21 heavy (non-hydrogen) atoms. The van der Waals surface area contributed by atoms with Gasteiger partial charge in [0.25, 0.3) is 0 Å². The van der Waals surface area contributed by atoms with Crippen molar-refractivity contribution in [2.45, 2.75) is 19.8 Å². The van der Waals surface area contributed by atoms with E-state index in [0.717, 1.165) is 5.56 Å². The number of aromatic nitrogens is 2. The highest BCUT2D eigenvalue weighted by atomic mass is 16.2. The van der Waals surface area contributed by atoms with Gasteiger partial charge >= 0.3 is 0 Å². The number of nitrogens with one attached hydrogen (secondary N) is 2. The standard InChI is InChI=1S/C15H16N4O2/c1-11(20)18-13-3-5-14(6-4-13)19-15(21)7-2-12-8-16-10-17-9-12/h3-6,8-10H,2,7H2,1H3,(H,18,20)(H,19,21). The van der Waals surface area contributed by atoms with E-state index in [2.05, 4.69) is 20.6 Å². The fourth-order valence-electron chi connectivity index (χ4n) is 1.78. The number of anilines is 2. The molecule has 0 bridgehead atoms. The Morgan fingerprint density at radius 3 is 2.14 bits per heavy atom. The SMILES string of the molecule is CC(=O)Nc1ccc(NC(=O)CCc2cncnc2)cc1. The van der Waals surface area contributed by atoms with Crippen LogP contribution in [-0.4, -0.2) is 21.8 Å². The average Bonchev–Trinajstić information content (AvgIpc) is 2.48. The number of hydrogen-bond donors (Lipinski definition) is 2. The van der Waals surface area contributed by atoms with E-state index < -0.39 is 0 Å². The van der Waals surface area contributed by atoms with Crippen molar-refractivity contribution < 1.29 is 9.59 Å². The van der Waals surface area contributed by atoms with E-state index in [1.54, 1.807) is 36.7 Å².